The van der Waals surface area contributed by atoms with Crippen LogP contribution in [0.5, 0.6) is 0 Å². The van der Waals surface area contributed by atoms with Crippen LogP contribution < -0.4 is 5.73 Å². The van der Waals surface area contributed by atoms with Crippen LogP contribution in [0, 0.1) is 0 Å². The topological polar surface area (TPSA) is 56.7 Å². The Morgan fingerprint density at radius 3 is 2.84 bits per heavy atom. The van der Waals surface area contributed by atoms with Gasteiger partial charge in [-0.05, 0) is 55.8 Å². The molecule has 1 aromatic heterocycles. The van der Waals surface area contributed by atoms with Gasteiger partial charge in [0.2, 0.25) is 0 Å². The summed E-state index contributed by atoms with van der Waals surface area (Å²) < 4.78 is 1.96. The van der Waals surface area contributed by atoms with Crippen LogP contribution >= 0.6 is 0 Å². The third kappa shape index (κ3) is 2.54. The fourth-order valence-corrected chi connectivity index (χ4v) is 2.78. The van der Waals surface area contributed by atoms with E-state index in [1.807, 2.05) is 10.9 Å². The first-order valence-electron chi connectivity index (χ1n) is 7.09. The Labute approximate surface area is 113 Å². The molecule has 1 heterocycles. The summed E-state index contributed by atoms with van der Waals surface area (Å²) in [4.78, 5) is 0. The molecule has 1 aliphatic rings. The Morgan fingerprint density at radius 2 is 2.00 bits per heavy atom. The maximum absolute atomic E-state index is 5.56. The summed E-state index contributed by atoms with van der Waals surface area (Å²) in [5.74, 6) is 0. The fraction of sp³-hybridized carbons (Fsp3) is 0.467. The van der Waals surface area contributed by atoms with Crippen LogP contribution in [0.2, 0.25) is 0 Å². The molecule has 0 spiro atoms. The van der Waals surface area contributed by atoms with E-state index < -0.39 is 0 Å². The number of nitrogens with two attached hydrogens (primary N) is 1. The Bertz CT molecular complexity index is 559. The van der Waals surface area contributed by atoms with Gasteiger partial charge in [-0.15, -0.1) is 5.10 Å². The fourth-order valence-electron chi connectivity index (χ4n) is 2.78. The minimum absolute atomic E-state index is 0.684. The first-order valence-corrected chi connectivity index (χ1v) is 7.09. The smallest absolute Gasteiger partial charge is 0.0885 e. The Hall–Kier alpha value is -1.68. The van der Waals surface area contributed by atoms with E-state index in [2.05, 4.69) is 28.5 Å². The third-order valence-corrected chi connectivity index (χ3v) is 3.84. The highest BCUT2D eigenvalue weighted by Crippen LogP contribution is 2.27. The highest BCUT2D eigenvalue weighted by Gasteiger charge is 2.12. The van der Waals surface area contributed by atoms with Crippen LogP contribution in [0.15, 0.2) is 24.4 Å². The zero-order valence-corrected chi connectivity index (χ0v) is 11.2. The molecule has 0 fully saturated rings. The van der Waals surface area contributed by atoms with Crippen molar-refractivity contribution >= 4 is 0 Å². The predicted molar refractivity (Wildman–Crippen MR) is 75.8 cm³/mol. The number of hydrogen-bond acceptors (Lipinski definition) is 3. The lowest BCUT2D eigenvalue weighted by atomic mass is 9.90. The maximum Gasteiger partial charge on any atom is 0.0885 e. The van der Waals surface area contributed by atoms with Gasteiger partial charge in [-0.3, -0.25) is 0 Å². The van der Waals surface area contributed by atoms with Crippen molar-refractivity contribution in [2.45, 2.75) is 38.6 Å². The third-order valence-electron chi connectivity index (χ3n) is 3.84. The molecule has 4 nitrogen and oxygen atoms in total. The molecular formula is C15H20N4. The van der Waals surface area contributed by atoms with Gasteiger partial charge >= 0.3 is 0 Å². The van der Waals surface area contributed by atoms with Crippen molar-refractivity contribution in [2.75, 3.05) is 6.54 Å². The van der Waals surface area contributed by atoms with Gasteiger partial charge in [0, 0.05) is 12.1 Å². The normalized spacial score (nSPS) is 14.4. The molecular weight excluding hydrogens is 236 g/mol. The zero-order valence-electron chi connectivity index (χ0n) is 11.2. The summed E-state index contributed by atoms with van der Waals surface area (Å²) >= 11 is 0. The lowest BCUT2D eigenvalue weighted by Crippen LogP contribution is -2.08. The number of aryl methyl sites for hydroxylation is 3. The highest BCUT2D eigenvalue weighted by molar-refractivity contribution is 5.60. The van der Waals surface area contributed by atoms with Crippen molar-refractivity contribution < 1.29 is 0 Å². The molecule has 0 atom stereocenters. The van der Waals surface area contributed by atoms with Gasteiger partial charge in [-0.2, -0.15) is 0 Å². The molecule has 1 aliphatic carbocycles. The van der Waals surface area contributed by atoms with E-state index in [0.29, 0.717) is 6.54 Å². The van der Waals surface area contributed by atoms with Crippen LogP contribution in [-0.4, -0.2) is 21.5 Å². The summed E-state index contributed by atoms with van der Waals surface area (Å²) in [5, 5.41) is 8.19. The van der Waals surface area contributed by atoms with Crippen molar-refractivity contribution in [2.24, 2.45) is 5.73 Å². The van der Waals surface area contributed by atoms with Gasteiger partial charge < -0.3 is 5.73 Å². The molecule has 19 heavy (non-hydrogen) atoms. The van der Waals surface area contributed by atoms with E-state index in [9.17, 15) is 0 Å². The molecule has 1 aromatic carbocycles. The van der Waals surface area contributed by atoms with E-state index in [1.165, 1.54) is 42.4 Å². The molecule has 0 amide bonds. The minimum atomic E-state index is 0.684. The second-order valence-electron chi connectivity index (χ2n) is 5.18. The van der Waals surface area contributed by atoms with Crippen LogP contribution in [0.25, 0.3) is 11.3 Å². The van der Waals surface area contributed by atoms with Crippen LogP contribution in [-0.2, 0) is 19.4 Å². The van der Waals surface area contributed by atoms with Crippen LogP contribution in [0.4, 0.5) is 0 Å². The van der Waals surface area contributed by atoms with Gasteiger partial charge in [0.05, 0.1) is 11.9 Å². The second-order valence-corrected chi connectivity index (χ2v) is 5.18. The average molecular weight is 256 g/mol. The molecule has 0 saturated heterocycles. The number of aromatic nitrogens is 3. The summed E-state index contributed by atoms with van der Waals surface area (Å²) in [7, 11) is 0. The van der Waals surface area contributed by atoms with E-state index in [0.717, 1.165) is 18.7 Å². The lowest BCUT2D eigenvalue weighted by molar-refractivity contribution is 0.569. The van der Waals surface area contributed by atoms with Crippen molar-refractivity contribution in [3.8, 4) is 11.3 Å². The summed E-state index contributed by atoms with van der Waals surface area (Å²) in [6, 6.07) is 6.78. The number of hydrogen-bond donors (Lipinski definition) is 1. The van der Waals surface area contributed by atoms with E-state index in [-0.39, 0.29) is 0 Å². The average Bonchev–Trinajstić information content (AvgIpc) is 2.93. The number of nitrogens with zero attached hydrogens (tertiary/aromatic N) is 3. The molecule has 4 heteroatoms. The molecule has 0 saturated carbocycles. The quantitative estimate of drug-likeness (QED) is 0.912. The Morgan fingerprint density at radius 1 is 1.16 bits per heavy atom. The first kappa shape index (κ1) is 12.4. The molecule has 0 aliphatic heterocycles. The molecule has 0 bridgehead atoms. The van der Waals surface area contributed by atoms with Crippen molar-refractivity contribution in [3.63, 3.8) is 0 Å². The predicted octanol–water partition coefficient (Wildman–Crippen LogP) is 2.17. The zero-order chi connectivity index (χ0) is 13.1. The molecule has 0 radical (unpaired) electrons. The molecule has 2 N–H and O–H groups in total. The summed E-state index contributed by atoms with van der Waals surface area (Å²) in [5.41, 5.74) is 10.9. The number of fused-ring (bicyclic) bond motifs is 1. The van der Waals surface area contributed by atoms with Crippen molar-refractivity contribution in [3.05, 3.63) is 35.5 Å². The Balaban J connectivity index is 1.91. The minimum Gasteiger partial charge on any atom is -0.330 e. The van der Waals surface area contributed by atoms with Crippen molar-refractivity contribution in [1.82, 2.24) is 15.0 Å². The van der Waals surface area contributed by atoms with Gasteiger partial charge in [0.1, 0.15) is 0 Å². The van der Waals surface area contributed by atoms with Crippen molar-refractivity contribution in [1.29, 1.82) is 0 Å². The number of rotatable bonds is 4. The lowest BCUT2D eigenvalue weighted by Gasteiger charge is -2.16. The molecule has 100 valence electrons. The maximum atomic E-state index is 5.56. The highest BCUT2D eigenvalue weighted by atomic mass is 15.4. The first-order chi connectivity index (χ1) is 9.38. The summed E-state index contributed by atoms with van der Waals surface area (Å²) in [6.07, 6.45) is 7.83. The standard InChI is InChI=1S/C15H20N4/c16-8-3-9-19-15(11-17-18-19)14-7-6-12-4-1-2-5-13(12)10-14/h6-7,10-11H,1-5,8-9,16H2. The van der Waals surface area contributed by atoms with Gasteiger partial charge in [-0.1, -0.05) is 17.3 Å². The van der Waals surface area contributed by atoms with E-state index >= 15 is 0 Å². The Kier molecular flexibility index (Phi) is 3.60. The van der Waals surface area contributed by atoms with Gasteiger partial charge in [0.25, 0.3) is 0 Å². The van der Waals surface area contributed by atoms with Gasteiger partial charge in [-0.25, -0.2) is 4.68 Å². The SMILES string of the molecule is NCCCn1nncc1-c1ccc2c(c1)CCCC2. The largest absolute Gasteiger partial charge is 0.330 e. The monoisotopic (exact) mass is 256 g/mol. The van der Waals surface area contributed by atoms with Gasteiger partial charge in [0.15, 0.2) is 0 Å². The van der Waals surface area contributed by atoms with Crippen LogP contribution in [0.1, 0.15) is 30.4 Å². The van der Waals surface area contributed by atoms with Crippen LogP contribution in [0.3, 0.4) is 0 Å². The second kappa shape index (κ2) is 5.53. The summed E-state index contributed by atoms with van der Waals surface area (Å²) in [6.45, 7) is 1.52. The molecule has 0 unspecified atom stereocenters. The molecule has 3 rings (SSSR count). The van der Waals surface area contributed by atoms with E-state index in [4.69, 9.17) is 5.73 Å². The number of benzene rings is 1. The van der Waals surface area contributed by atoms with E-state index in [1.54, 1.807) is 0 Å². The molecule has 2 aromatic rings.